The molecule has 0 bridgehead atoms. The van der Waals surface area contributed by atoms with Crippen molar-refractivity contribution in [1.29, 1.82) is 0 Å². The van der Waals surface area contributed by atoms with E-state index in [2.05, 4.69) is 26.6 Å². The molecule has 0 radical (unpaired) electrons. The molecule has 9 nitrogen and oxygen atoms in total. The number of carbonyl (C=O) groups excluding carboxylic acids is 5. The van der Waals surface area contributed by atoms with Gasteiger partial charge in [0, 0.05) is 21.5 Å². The second-order valence-electron chi connectivity index (χ2n) is 10.2. The third-order valence-electron chi connectivity index (χ3n) is 6.90. The maximum atomic E-state index is 14.3. The number of ether oxygens (including phenoxy) is 1. The van der Waals surface area contributed by atoms with Gasteiger partial charge in [0.05, 0.1) is 28.7 Å². The number of anilines is 2. The van der Waals surface area contributed by atoms with Gasteiger partial charge >= 0.3 is 5.97 Å². The monoisotopic (exact) mass is 715 g/mol. The maximum Gasteiger partial charge on any atom is 0.338 e. The minimum atomic E-state index is -0.796. The van der Waals surface area contributed by atoms with E-state index < -0.39 is 34.8 Å². The molecule has 4 amide bonds. The van der Waals surface area contributed by atoms with Crippen LogP contribution in [0.1, 0.15) is 39.6 Å². The van der Waals surface area contributed by atoms with Crippen LogP contribution in [-0.2, 0) is 19.1 Å². The van der Waals surface area contributed by atoms with E-state index in [-0.39, 0.29) is 30.2 Å². The quantitative estimate of drug-likeness (QED) is 0.108. The summed E-state index contributed by atoms with van der Waals surface area (Å²) in [6.07, 6.45) is 1.43. The molecule has 47 heavy (non-hydrogen) atoms. The van der Waals surface area contributed by atoms with Crippen molar-refractivity contribution in [3.63, 3.8) is 0 Å². The molecular weight excluding hydrogens is 689 g/mol. The van der Waals surface area contributed by atoms with Crippen LogP contribution >= 0.6 is 27.7 Å². The molecule has 1 unspecified atom stereocenters. The second-order valence-corrected chi connectivity index (χ2v) is 12.4. The first-order valence-corrected chi connectivity index (χ1v) is 16.1. The Kier molecular flexibility index (Phi) is 10.6. The fraction of sp³-hybridized carbons (Fsp3) is 0.114. The molecule has 0 aliphatic carbocycles. The van der Waals surface area contributed by atoms with Crippen molar-refractivity contribution in [1.82, 2.24) is 5.32 Å². The predicted molar refractivity (Wildman–Crippen MR) is 180 cm³/mol. The van der Waals surface area contributed by atoms with E-state index in [0.717, 1.165) is 15.4 Å². The third-order valence-corrected chi connectivity index (χ3v) is 8.61. The number of carbonyl (C=O) groups is 5. The summed E-state index contributed by atoms with van der Waals surface area (Å²) in [5.41, 5.74) is 1.28. The van der Waals surface area contributed by atoms with Gasteiger partial charge in [-0.05, 0) is 85.3 Å². The number of hydrogen-bond acceptors (Lipinski definition) is 7. The Labute approximate surface area is 282 Å². The molecule has 1 atom stereocenters. The molecule has 1 heterocycles. The van der Waals surface area contributed by atoms with Gasteiger partial charge in [-0.15, -0.1) is 11.8 Å². The highest BCUT2D eigenvalue weighted by molar-refractivity contribution is 9.10. The Hall–Kier alpha value is -5.07. The van der Waals surface area contributed by atoms with Gasteiger partial charge in [0.1, 0.15) is 11.5 Å². The molecule has 1 saturated heterocycles. The SMILES string of the molecule is CCOC(=O)c1ccc(N2C(=O)CC(Sc3cccc(NC(=O)C(=Cc4ccc(Br)cc4)NC(=O)c4ccccc4F)c3)C2=O)cc1. The van der Waals surface area contributed by atoms with Gasteiger partial charge in [-0.25, -0.2) is 14.1 Å². The van der Waals surface area contributed by atoms with E-state index in [4.69, 9.17) is 4.74 Å². The van der Waals surface area contributed by atoms with Gasteiger partial charge in [0.2, 0.25) is 11.8 Å². The smallest absolute Gasteiger partial charge is 0.338 e. The van der Waals surface area contributed by atoms with Gasteiger partial charge in [0.25, 0.3) is 11.8 Å². The molecule has 238 valence electrons. The summed E-state index contributed by atoms with van der Waals surface area (Å²) in [6.45, 7) is 1.92. The fourth-order valence-corrected chi connectivity index (χ4v) is 6.03. The molecule has 0 saturated carbocycles. The first kappa shape index (κ1) is 33.3. The van der Waals surface area contributed by atoms with E-state index >= 15 is 0 Å². The van der Waals surface area contributed by atoms with Gasteiger partial charge in [0.15, 0.2) is 0 Å². The van der Waals surface area contributed by atoms with Crippen LogP contribution in [0.3, 0.4) is 0 Å². The highest BCUT2D eigenvalue weighted by atomic mass is 79.9. The average molecular weight is 717 g/mol. The molecule has 1 aliphatic heterocycles. The molecule has 0 spiro atoms. The van der Waals surface area contributed by atoms with Gasteiger partial charge in [-0.1, -0.05) is 46.3 Å². The predicted octanol–water partition coefficient (Wildman–Crippen LogP) is 6.60. The van der Waals surface area contributed by atoms with Gasteiger partial charge in [-0.3, -0.25) is 19.2 Å². The number of imide groups is 1. The minimum Gasteiger partial charge on any atom is -0.462 e. The van der Waals surface area contributed by atoms with Crippen LogP contribution in [0.25, 0.3) is 6.08 Å². The van der Waals surface area contributed by atoms with Gasteiger partial charge in [-0.2, -0.15) is 0 Å². The largest absolute Gasteiger partial charge is 0.462 e. The lowest BCUT2D eigenvalue weighted by Gasteiger charge is -2.16. The zero-order valence-corrected chi connectivity index (χ0v) is 27.3. The van der Waals surface area contributed by atoms with Crippen molar-refractivity contribution in [2.75, 3.05) is 16.8 Å². The third kappa shape index (κ3) is 8.21. The summed E-state index contributed by atoms with van der Waals surface area (Å²) in [5, 5.41) is 4.55. The highest BCUT2D eigenvalue weighted by Crippen LogP contribution is 2.35. The first-order valence-electron chi connectivity index (χ1n) is 14.4. The highest BCUT2D eigenvalue weighted by Gasteiger charge is 2.40. The summed E-state index contributed by atoms with van der Waals surface area (Å²) in [5.74, 6) is -3.48. The van der Waals surface area contributed by atoms with E-state index in [0.29, 0.717) is 27.4 Å². The van der Waals surface area contributed by atoms with Crippen molar-refractivity contribution in [2.24, 2.45) is 0 Å². The normalized spacial score (nSPS) is 14.6. The molecule has 0 aromatic heterocycles. The second kappa shape index (κ2) is 15.0. The lowest BCUT2D eigenvalue weighted by molar-refractivity contribution is -0.121. The van der Waals surface area contributed by atoms with Crippen molar-refractivity contribution in [3.05, 3.63) is 130 Å². The Morgan fingerprint density at radius 3 is 2.40 bits per heavy atom. The molecule has 4 aromatic carbocycles. The molecule has 12 heteroatoms. The summed E-state index contributed by atoms with van der Waals surface area (Å²) < 4.78 is 20.1. The van der Waals surface area contributed by atoms with E-state index in [1.807, 2.05) is 0 Å². The number of nitrogens with zero attached hydrogens (tertiary/aromatic N) is 1. The number of amides is 4. The van der Waals surface area contributed by atoms with Crippen LogP contribution in [0.2, 0.25) is 0 Å². The van der Waals surface area contributed by atoms with E-state index in [1.165, 1.54) is 60.3 Å². The van der Waals surface area contributed by atoms with Crippen molar-refractivity contribution < 1.29 is 33.1 Å². The first-order chi connectivity index (χ1) is 22.6. The average Bonchev–Trinajstić information content (AvgIpc) is 3.33. The summed E-state index contributed by atoms with van der Waals surface area (Å²) in [6, 6.07) is 25.2. The lowest BCUT2D eigenvalue weighted by atomic mass is 10.1. The van der Waals surface area contributed by atoms with Crippen molar-refractivity contribution >= 4 is 74.7 Å². The standard InChI is InChI=1S/C35H27BrFN3O6S/c1-2-46-35(45)22-12-16-25(17-13-22)40-31(41)20-30(34(40)44)47-26-7-5-6-24(19-26)38-33(43)29(18-21-10-14-23(36)15-11-21)39-32(42)27-8-3-4-9-28(27)37/h3-19,30H,2,20H2,1H3,(H,38,43)(H,39,42). The zero-order chi connectivity index (χ0) is 33.5. The number of rotatable bonds is 10. The molecule has 4 aromatic rings. The maximum absolute atomic E-state index is 14.3. The molecular formula is C35H27BrFN3O6S. The number of esters is 1. The Morgan fingerprint density at radius 1 is 0.979 bits per heavy atom. The summed E-state index contributed by atoms with van der Waals surface area (Å²) in [7, 11) is 0. The topological polar surface area (TPSA) is 122 Å². The van der Waals surface area contributed by atoms with Crippen molar-refractivity contribution in [3.8, 4) is 0 Å². The molecule has 1 fully saturated rings. The van der Waals surface area contributed by atoms with Crippen LogP contribution in [-0.4, -0.2) is 41.5 Å². The number of nitrogens with one attached hydrogen (secondary N) is 2. The molecule has 5 rings (SSSR count). The summed E-state index contributed by atoms with van der Waals surface area (Å²) in [4.78, 5) is 66.2. The molecule has 1 aliphatic rings. The fourth-order valence-electron chi connectivity index (χ4n) is 4.66. The Morgan fingerprint density at radius 2 is 1.70 bits per heavy atom. The van der Waals surface area contributed by atoms with Gasteiger partial charge < -0.3 is 15.4 Å². The van der Waals surface area contributed by atoms with E-state index in [9.17, 15) is 28.4 Å². The molecule has 2 N–H and O–H groups in total. The van der Waals surface area contributed by atoms with Crippen LogP contribution in [0, 0.1) is 5.82 Å². The number of halogens is 2. The number of thioether (sulfide) groups is 1. The Bertz CT molecular complexity index is 1880. The zero-order valence-electron chi connectivity index (χ0n) is 24.9. The van der Waals surface area contributed by atoms with Crippen LogP contribution in [0.4, 0.5) is 15.8 Å². The lowest BCUT2D eigenvalue weighted by Crippen LogP contribution is -2.31. The van der Waals surface area contributed by atoms with E-state index in [1.54, 1.807) is 55.5 Å². The number of benzene rings is 4. The van der Waals surface area contributed by atoms with Crippen LogP contribution in [0.5, 0.6) is 0 Å². The van der Waals surface area contributed by atoms with Crippen LogP contribution in [0.15, 0.2) is 112 Å². The van der Waals surface area contributed by atoms with Crippen LogP contribution < -0.4 is 15.5 Å². The minimum absolute atomic E-state index is 0.0398. The summed E-state index contributed by atoms with van der Waals surface area (Å²) >= 11 is 4.54. The van der Waals surface area contributed by atoms with Crippen molar-refractivity contribution in [2.45, 2.75) is 23.5 Å². The number of hydrogen-bond donors (Lipinski definition) is 2. The Balaban J connectivity index is 1.30.